The van der Waals surface area contributed by atoms with Crippen molar-refractivity contribution in [2.45, 2.75) is 50.7 Å². The van der Waals surface area contributed by atoms with Crippen LogP contribution in [-0.4, -0.2) is 33.6 Å². The maximum absolute atomic E-state index is 12.1. The Labute approximate surface area is 133 Å². The van der Waals surface area contributed by atoms with Gasteiger partial charge in [-0.1, -0.05) is 19.3 Å². The molecular formula is C15H22BrN3O2. The molecule has 0 radical (unpaired) electrons. The molecule has 116 valence electrons. The minimum Gasteiger partial charge on any atom is -0.391 e. The third-order valence-corrected chi connectivity index (χ3v) is 5.63. The smallest absolute Gasteiger partial charge is 0.282 e. The number of hydrogen-bond acceptors (Lipinski definition) is 4. The summed E-state index contributed by atoms with van der Waals surface area (Å²) in [7, 11) is 1.65. The molecule has 0 spiro atoms. The van der Waals surface area contributed by atoms with E-state index in [9.17, 15) is 9.90 Å². The number of aryl methyl sites for hydroxylation is 1. The number of nitrogens with zero attached hydrogens (tertiary/aromatic N) is 3. The largest absolute Gasteiger partial charge is 0.391 e. The Morgan fingerprint density at radius 2 is 2.05 bits per heavy atom. The minimum absolute atomic E-state index is 0.128. The van der Waals surface area contributed by atoms with Crippen molar-refractivity contribution in [1.29, 1.82) is 0 Å². The van der Waals surface area contributed by atoms with Gasteiger partial charge in [-0.25, -0.2) is 4.68 Å². The van der Waals surface area contributed by atoms with Crippen molar-refractivity contribution in [2.75, 3.05) is 11.4 Å². The van der Waals surface area contributed by atoms with Crippen molar-refractivity contribution in [2.24, 2.45) is 13.0 Å². The van der Waals surface area contributed by atoms with E-state index in [-0.39, 0.29) is 11.7 Å². The lowest BCUT2D eigenvalue weighted by atomic mass is 9.82. The van der Waals surface area contributed by atoms with E-state index in [2.05, 4.69) is 25.9 Å². The highest BCUT2D eigenvalue weighted by atomic mass is 79.9. The number of rotatable bonds is 2. The second kappa shape index (κ2) is 6.08. The van der Waals surface area contributed by atoms with Crippen LogP contribution in [0.15, 0.2) is 15.5 Å². The molecule has 6 heteroatoms. The van der Waals surface area contributed by atoms with Crippen LogP contribution in [0.25, 0.3) is 0 Å². The number of halogens is 1. The lowest BCUT2D eigenvalue weighted by Crippen LogP contribution is -2.38. The predicted molar refractivity (Wildman–Crippen MR) is 85.5 cm³/mol. The van der Waals surface area contributed by atoms with Gasteiger partial charge in [-0.2, -0.15) is 5.10 Å². The average Bonchev–Trinajstić information content (AvgIpc) is 2.88. The van der Waals surface area contributed by atoms with Crippen LogP contribution in [0.5, 0.6) is 0 Å². The van der Waals surface area contributed by atoms with Crippen molar-refractivity contribution in [1.82, 2.24) is 9.78 Å². The van der Waals surface area contributed by atoms with Crippen LogP contribution in [0.1, 0.15) is 38.5 Å². The van der Waals surface area contributed by atoms with Gasteiger partial charge in [0.1, 0.15) is 4.47 Å². The van der Waals surface area contributed by atoms with Crippen LogP contribution >= 0.6 is 15.9 Å². The molecule has 1 aromatic heterocycles. The normalized spacial score (nSPS) is 27.3. The Morgan fingerprint density at radius 3 is 2.76 bits per heavy atom. The summed E-state index contributed by atoms with van der Waals surface area (Å²) in [5, 5.41) is 14.3. The van der Waals surface area contributed by atoms with E-state index in [4.69, 9.17) is 0 Å². The van der Waals surface area contributed by atoms with Gasteiger partial charge < -0.3 is 10.0 Å². The van der Waals surface area contributed by atoms with E-state index in [0.29, 0.717) is 23.0 Å². The molecular weight excluding hydrogens is 334 g/mol. The van der Waals surface area contributed by atoms with Gasteiger partial charge in [0.2, 0.25) is 0 Å². The summed E-state index contributed by atoms with van der Waals surface area (Å²) in [5.41, 5.74) is 0.696. The third kappa shape index (κ3) is 2.88. The van der Waals surface area contributed by atoms with Gasteiger partial charge in [0.15, 0.2) is 0 Å². The Balaban J connectivity index is 1.91. The average molecular weight is 356 g/mol. The van der Waals surface area contributed by atoms with E-state index < -0.39 is 0 Å². The Hall–Kier alpha value is -0.880. The molecule has 1 saturated carbocycles. The zero-order valence-electron chi connectivity index (χ0n) is 12.3. The fourth-order valence-electron chi connectivity index (χ4n) is 3.79. The number of aliphatic hydroxyl groups excluding tert-OH is 1. The molecule has 2 heterocycles. The van der Waals surface area contributed by atoms with E-state index in [0.717, 1.165) is 12.1 Å². The molecule has 0 unspecified atom stereocenters. The van der Waals surface area contributed by atoms with Gasteiger partial charge in [0.05, 0.1) is 18.0 Å². The lowest BCUT2D eigenvalue weighted by molar-refractivity contribution is 0.185. The number of aromatic nitrogens is 2. The van der Waals surface area contributed by atoms with Crippen molar-refractivity contribution in [3.8, 4) is 0 Å². The van der Waals surface area contributed by atoms with E-state index in [1.54, 1.807) is 13.2 Å². The fraction of sp³-hybridized carbons (Fsp3) is 0.733. The second-order valence-corrected chi connectivity index (χ2v) is 7.07. The standard InChI is InChI=1S/C15H22BrN3O2/c1-18-15(21)14(16)13(8-17-18)19-9-11(20)7-12(19)10-5-3-2-4-6-10/h8,10-12,20H,2-7,9H2,1H3/t11-,12+/m1/s1. The van der Waals surface area contributed by atoms with Gasteiger partial charge in [-0.05, 0) is 41.1 Å². The van der Waals surface area contributed by atoms with Gasteiger partial charge in [-0.15, -0.1) is 0 Å². The maximum atomic E-state index is 12.1. The summed E-state index contributed by atoms with van der Waals surface area (Å²) in [4.78, 5) is 14.3. The summed E-state index contributed by atoms with van der Waals surface area (Å²) < 4.78 is 1.88. The first-order chi connectivity index (χ1) is 10.1. The van der Waals surface area contributed by atoms with Crippen molar-refractivity contribution in [3.05, 3.63) is 21.0 Å². The predicted octanol–water partition coefficient (Wildman–Crippen LogP) is 2.06. The van der Waals surface area contributed by atoms with E-state index in [1.165, 1.54) is 36.8 Å². The van der Waals surface area contributed by atoms with Crippen LogP contribution in [-0.2, 0) is 7.05 Å². The first-order valence-electron chi connectivity index (χ1n) is 7.74. The van der Waals surface area contributed by atoms with Gasteiger partial charge in [-0.3, -0.25) is 4.79 Å². The first-order valence-corrected chi connectivity index (χ1v) is 8.53. The topological polar surface area (TPSA) is 58.4 Å². The highest BCUT2D eigenvalue weighted by Crippen LogP contribution is 2.38. The first kappa shape index (κ1) is 15.0. The zero-order valence-corrected chi connectivity index (χ0v) is 13.9. The molecule has 0 amide bonds. The molecule has 1 N–H and O–H groups in total. The van der Waals surface area contributed by atoms with Crippen LogP contribution in [0.2, 0.25) is 0 Å². The molecule has 1 aromatic rings. The molecule has 21 heavy (non-hydrogen) atoms. The van der Waals surface area contributed by atoms with Gasteiger partial charge in [0, 0.05) is 19.6 Å². The Kier molecular flexibility index (Phi) is 4.36. The molecule has 1 aliphatic carbocycles. The molecule has 3 rings (SSSR count). The van der Waals surface area contributed by atoms with E-state index >= 15 is 0 Å². The molecule has 2 fully saturated rings. The molecule has 1 aliphatic heterocycles. The number of aliphatic hydroxyl groups is 1. The van der Waals surface area contributed by atoms with Crippen LogP contribution in [0.3, 0.4) is 0 Å². The van der Waals surface area contributed by atoms with Crippen molar-refractivity contribution < 1.29 is 5.11 Å². The molecule has 2 atom stereocenters. The van der Waals surface area contributed by atoms with Crippen molar-refractivity contribution >= 4 is 21.6 Å². The Morgan fingerprint density at radius 1 is 1.33 bits per heavy atom. The quantitative estimate of drug-likeness (QED) is 0.881. The van der Waals surface area contributed by atoms with Crippen LogP contribution in [0.4, 0.5) is 5.69 Å². The summed E-state index contributed by atoms with van der Waals surface area (Å²) in [5.74, 6) is 0.617. The summed E-state index contributed by atoms with van der Waals surface area (Å²) in [6.07, 6.45) is 8.55. The highest BCUT2D eigenvalue weighted by Gasteiger charge is 2.38. The Bertz CT molecular complexity index is 569. The fourth-order valence-corrected chi connectivity index (χ4v) is 4.37. The second-order valence-electron chi connectivity index (χ2n) is 6.28. The lowest BCUT2D eigenvalue weighted by Gasteiger charge is -2.35. The molecule has 5 nitrogen and oxygen atoms in total. The minimum atomic E-state index is -0.312. The SMILES string of the molecule is Cn1ncc(N2C[C@H](O)C[C@H]2C2CCCCC2)c(Br)c1=O. The summed E-state index contributed by atoms with van der Waals surface area (Å²) in [6, 6.07) is 0.325. The number of β-amino-alcohol motifs (C(OH)–C–C–N with tert-alkyl or cyclic N) is 1. The third-order valence-electron chi connectivity index (χ3n) is 4.88. The number of anilines is 1. The van der Waals surface area contributed by atoms with Crippen molar-refractivity contribution in [3.63, 3.8) is 0 Å². The monoisotopic (exact) mass is 355 g/mol. The van der Waals surface area contributed by atoms with Crippen LogP contribution in [0, 0.1) is 5.92 Å². The van der Waals surface area contributed by atoms with Crippen LogP contribution < -0.4 is 10.5 Å². The highest BCUT2D eigenvalue weighted by molar-refractivity contribution is 9.10. The summed E-state index contributed by atoms with van der Waals surface area (Å²) >= 11 is 3.42. The number of hydrogen-bond donors (Lipinski definition) is 1. The molecule has 2 aliphatic rings. The van der Waals surface area contributed by atoms with E-state index in [1.807, 2.05) is 0 Å². The van der Waals surface area contributed by atoms with Gasteiger partial charge >= 0.3 is 0 Å². The molecule has 0 bridgehead atoms. The molecule has 1 saturated heterocycles. The summed E-state index contributed by atoms with van der Waals surface area (Å²) in [6.45, 7) is 0.592. The zero-order chi connectivity index (χ0) is 15.0. The maximum Gasteiger partial charge on any atom is 0.282 e. The molecule has 0 aromatic carbocycles. The van der Waals surface area contributed by atoms with Gasteiger partial charge in [0.25, 0.3) is 5.56 Å².